The Kier molecular flexibility index (Phi) is 14.3. The molecule has 2 N–H and O–H groups in total. The van der Waals surface area contributed by atoms with E-state index in [0.717, 1.165) is 24.7 Å². The molecule has 0 spiro atoms. The molecule has 19 heavy (non-hydrogen) atoms. The lowest BCUT2D eigenvalue weighted by molar-refractivity contribution is 0.275. The molecule has 0 rings (SSSR count). The lowest BCUT2D eigenvalue weighted by Crippen LogP contribution is -2.08. The fraction of sp³-hybridized carbons (Fsp3) is 1.00. The topological polar surface area (TPSA) is 40.5 Å². The normalized spacial score (nSPS) is 13.1. The van der Waals surface area contributed by atoms with Crippen molar-refractivity contribution in [2.45, 2.75) is 84.5 Å². The molecule has 0 heterocycles. The summed E-state index contributed by atoms with van der Waals surface area (Å²) in [5.74, 6) is 1.68. The third-order valence-electron chi connectivity index (χ3n) is 4.16. The first-order valence-electron chi connectivity index (χ1n) is 8.44. The van der Waals surface area contributed by atoms with E-state index >= 15 is 0 Å². The quantitative estimate of drug-likeness (QED) is 0.456. The van der Waals surface area contributed by atoms with E-state index in [2.05, 4.69) is 13.8 Å². The average Bonchev–Trinajstić information content (AvgIpc) is 2.39. The molecule has 0 fully saturated rings. The Labute approximate surface area is 120 Å². The van der Waals surface area contributed by atoms with Gasteiger partial charge in [-0.25, -0.2) is 0 Å². The van der Waals surface area contributed by atoms with Crippen molar-refractivity contribution in [1.29, 1.82) is 0 Å². The van der Waals surface area contributed by atoms with Gasteiger partial charge in [-0.05, 0) is 24.7 Å². The maximum absolute atomic E-state index is 8.75. The van der Waals surface area contributed by atoms with E-state index in [4.69, 9.17) is 10.2 Å². The molecule has 0 amide bonds. The minimum atomic E-state index is 0.349. The Morgan fingerprint density at radius 1 is 0.579 bits per heavy atom. The van der Waals surface area contributed by atoms with E-state index in [1.165, 1.54) is 57.8 Å². The van der Waals surface area contributed by atoms with Crippen LogP contribution in [0.5, 0.6) is 0 Å². The second kappa shape index (κ2) is 14.3. The molecule has 116 valence electrons. The minimum absolute atomic E-state index is 0.349. The van der Waals surface area contributed by atoms with Gasteiger partial charge >= 0.3 is 0 Å². The van der Waals surface area contributed by atoms with Crippen molar-refractivity contribution in [3.8, 4) is 0 Å². The highest BCUT2D eigenvalue weighted by molar-refractivity contribution is 4.64. The predicted molar refractivity (Wildman–Crippen MR) is 83.3 cm³/mol. The van der Waals surface area contributed by atoms with E-state index in [9.17, 15) is 0 Å². The molecule has 1 unspecified atom stereocenters. The van der Waals surface area contributed by atoms with Crippen LogP contribution in [0.4, 0.5) is 0 Å². The zero-order chi connectivity index (χ0) is 14.3. The molecule has 0 aliphatic heterocycles. The molecule has 2 nitrogen and oxygen atoms in total. The zero-order valence-electron chi connectivity index (χ0n) is 13.2. The van der Waals surface area contributed by atoms with Gasteiger partial charge in [0, 0.05) is 13.2 Å². The number of unbranched alkanes of at least 4 members (excludes halogenated alkanes) is 7. The highest BCUT2D eigenvalue weighted by Crippen LogP contribution is 2.25. The van der Waals surface area contributed by atoms with Crippen molar-refractivity contribution in [3.05, 3.63) is 0 Å². The molecule has 0 aromatic rings. The van der Waals surface area contributed by atoms with Crippen LogP contribution >= 0.6 is 0 Å². The fourth-order valence-corrected chi connectivity index (χ4v) is 2.73. The molecule has 2 heteroatoms. The highest BCUT2D eigenvalue weighted by atomic mass is 16.3. The zero-order valence-corrected chi connectivity index (χ0v) is 13.2. The summed E-state index contributed by atoms with van der Waals surface area (Å²) in [7, 11) is 0. The van der Waals surface area contributed by atoms with Crippen LogP contribution in [0.2, 0.25) is 0 Å². The highest BCUT2D eigenvalue weighted by Gasteiger charge is 2.12. The Hall–Kier alpha value is -0.0800. The van der Waals surface area contributed by atoms with E-state index in [1.54, 1.807) is 0 Å². The van der Waals surface area contributed by atoms with Crippen molar-refractivity contribution in [2.24, 2.45) is 11.8 Å². The molecule has 0 aliphatic carbocycles. The van der Waals surface area contributed by atoms with Crippen LogP contribution in [-0.4, -0.2) is 23.4 Å². The molecular formula is C17H36O2. The number of rotatable bonds is 14. The van der Waals surface area contributed by atoms with Crippen molar-refractivity contribution in [2.75, 3.05) is 13.2 Å². The average molecular weight is 272 g/mol. The summed E-state index contributed by atoms with van der Waals surface area (Å²) in [5, 5.41) is 17.5. The lowest BCUT2D eigenvalue weighted by atomic mass is 9.85. The van der Waals surface area contributed by atoms with Gasteiger partial charge in [0.25, 0.3) is 0 Å². The Morgan fingerprint density at radius 3 is 1.32 bits per heavy atom. The fourth-order valence-electron chi connectivity index (χ4n) is 2.73. The minimum Gasteiger partial charge on any atom is -0.396 e. The number of hydrogen-bond donors (Lipinski definition) is 2. The summed E-state index contributed by atoms with van der Waals surface area (Å²) in [5.41, 5.74) is 0. The van der Waals surface area contributed by atoms with Crippen molar-refractivity contribution >= 4 is 0 Å². The Bertz CT molecular complexity index is 169. The summed E-state index contributed by atoms with van der Waals surface area (Å²) >= 11 is 0. The summed E-state index contributed by atoms with van der Waals surface area (Å²) in [6.07, 6.45) is 13.6. The summed E-state index contributed by atoms with van der Waals surface area (Å²) in [4.78, 5) is 0. The van der Waals surface area contributed by atoms with Crippen molar-refractivity contribution < 1.29 is 10.2 Å². The van der Waals surface area contributed by atoms with Crippen LogP contribution in [-0.2, 0) is 0 Å². The summed E-state index contributed by atoms with van der Waals surface area (Å²) in [6, 6.07) is 0. The molecule has 1 atom stereocenters. The van der Waals surface area contributed by atoms with Crippen LogP contribution in [0.15, 0.2) is 0 Å². The second-order valence-electron chi connectivity index (χ2n) is 6.21. The first-order valence-corrected chi connectivity index (χ1v) is 8.44. The lowest BCUT2D eigenvalue weighted by Gasteiger charge is -2.20. The largest absolute Gasteiger partial charge is 0.396 e. The number of aliphatic hydroxyl groups excluding tert-OH is 2. The van der Waals surface area contributed by atoms with Crippen molar-refractivity contribution in [1.82, 2.24) is 0 Å². The maximum Gasteiger partial charge on any atom is 0.0431 e. The van der Waals surface area contributed by atoms with Gasteiger partial charge in [0.05, 0.1) is 0 Å². The van der Waals surface area contributed by atoms with E-state index in [0.29, 0.717) is 13.2 Å². The standard InChI is InChI=1S/C17H36O2/c1-16(2)17(13-9-5-7-11-15-19)12-8-4-3-6-10-14-18/h16-19H,3-15H2,1-2H3. The van der Waals surface area contributed by atoms with Gasteiger partial charge in [-0.15, -0.1) is 0 Å². The van der Waals surface area contributed by atoms with Gasteiger partial charge in [-0.1, -0.05) is 71.6 Å². The summed E-state index contributed by atoms with van der Waals surface area (Å²) < 4.78 is 0. The monoisotopic (exact) mass is 272 g/mol. The first-order chi connectivity index (χ1) is 9.22. The number of aliphatic hydroxyl groups is 2. The molecule has 0 bridgehead atoms. The molecule has 0 saturated carbocycles. The molecule has 0 aromatic heterocycles. The van der Waals surface area contributed by atoms with Gasteiger partial charge in [0.15, 0.2) is 0 Å². The Morgan fingerprint density at radius 2 is 0.947 bits per heavy atom. The van der Waals surface area contributed by atoms with E-state index in [-0.39, 0.29) is 0 Å². The molecular weight excluding hydrogens is 236 g/mol. The van der Waals surface area contributed by atoms with Crippen LogP contribution in [0.3, 0.4) is 0 Å². The van der Waals surface area contributed by atoms with Crippen LogP contribution < -0.4 is 0 Å². The van der Waals surface area contributed by atoms with Gasteiger partial charge in [0.2, 0.25) is 0 Å². The van der Waals surface area contributed by atoms with Crippen molar-refractivity contribution in [3.63, 3.8) is 0 Å². The third-order valence-corrected chi connectivity index (χ3v) is 4.16. The smallest absolute Gasteiger partial charge is 0.0431 e. The second-order valence-corrected chi connectivity index (χ2v) is 6.21. The maximum atomic E-state index is 8.75. The first kappa shape index (κ1) is 18.9. The molecule has 0 aromatic carbocycles. The van der Waals surface area contributed by atoms with E-state index in [1.807, 2.05) is 0 Å². The van der Waals surface area contributed by atoms with Gasteiger partial charge < -0.3 is 10.2 Å². The summed E-state index contributed by atoms with van der Waals surface area (Å²) in [6.45, 7) is 5.40. The van der Waals surface area contributed by atoms with Crippen LogP contribution in [0.1, 0.15) is 84.5 Å². The predicted octanol–water partition coefficient (Wildman–Crippen LogP) is 4.53. The SMILES string of the molecule is CC(C)C(CCCCCCO)CCCCCCCO. The van der Waals surface area contributed by atoms with Gasteiger partial charge in [0.1, 0.15) is 0 Å². The van der Waals surface area contributed by atoms with Gasteiger partial charge in [-0.2, -0.15) is 0 Å². The van der Waals surface area contributed by atoms with E-state index < -0.39 is 0 Å². The van der Waals surface area contributed by atoms with Gasteiger partial charge in [-0.3, -0.25) is 0 Å². The molecule has 0 aliphatic rings. The molecule has 0 radical (unpaired) electrons. The van der Waals surface area contributed by atoms with Crippen LogP contribution in [0, 0.1) is 11.8 Å². The molecule has 0 saturated heterocycles. The number of hydrogen-bond acceptors (Lipinski definition) is 2. The Balaban J connectivity index is 3.51. The third kappa shape index (κ3) is 12.7. The van der Waals surface area contributed by atoms with Crippen LogP contribution in [0.25, 0.3) is 0 Å².